The SMILES string of the molecule is CCCC[C@@H]1CN(c2ccccc2)c2cc(N(C)C)c(CSCC(=O)OCC)cc2S(=O)(=O)N1Cc1ccc(OC)cc1. The third-order valence-corrected chi connectivity index (χ3v) is 10.4. The average molecular weight is 626 g/mol. The normalized spacial score (nSPS) is 16.3. The van der Waals surface area contributed by atoms with Crippen molar-refractivity contribution in [2.24, 2.45) is 0 Å². The van der Waals surface area contributed by atoms with Crippen LogP contribution in [0.3, 0.4) is 0 Å². The molecule has 1 heterocycles. The largest absolute Gasteiger partial charge is 0.497 e. The molecule has 0 unspecified atom stereocenters. The van der Waals surface area contributed by atoms with Gasteiger partial charge in [0, 0.05) is 50.4 Å². The summed E-state index contributed by atoms with van der Waals surface area (Å²) in [6.07, 6.45) is 2.63. The first-order valence-corrected chi connectivity index (χ1v) is 17.3. The van der Waals surface area contributed by atoms with Crippen LogP contribution >= 0.6 is 11.8 Å². The van der Waals surface area contributed by atoms with Gasteiger partial charge in [0.1, 0.15) is 10.6 Å². The maximum Gasteiger partial charge on any atom is 0.315 e. The van der Waals surface area contributed by atoms with E-state index in [0.717, 1.165) is 47.5 Å². The molecule has 3 aromatic rings. The summed E-state index contributed by atoms with van der Waals surface area (Å²) < 4.78 is 41.7. The molecule has 0 saturated heterocycles. The molecule has 0 radical (unpaired) electrons. The van der Waals surface area contributed by atoms with E-state index >= 15 is 0 Å². The van der Waals surface area contributed by atoms with Crippen LogP contribution in [0, 0.1) is 0 Å². The van der Waals surface area contributed by atoms with Gasteiger partial charge in [-0.25, -0.2) is 8.42 Å². The lowest BCUT2D eigenvalue weighted by atomic mass is 10.1. The summed E-state index contributed by atoms with van der Waals surface area (Å²) in [5.74, 6) is 1.12. The van der Waals surface area contributed by atoms with Crippen LogP contribution in [0.2, 0.25) is 0 Å². The maximum atomic E-state index is 14.8. The molecule has 4 rings (SSSR count). The summed E-state index contributed by atoms with van der Waals surface area (Å²) in [6.45, 7) is 5.03. The Morgan fingerprint density at radius 1 is 1.05 bits per heavy atom. The minimum Gasteiger partial charge on any atom is -0.497 e. The fraction of sp³-hybridized carbons (Fsp3) is 0.424. The van der Waals surface area contributed by atoms with Crippen molar-refractivity contribution in [2.75, 3.05) is 49.9 Å². The Balaban J connectivity index is 1.86. The van der Waals surface area contributed by atoms with E-state index in [1.54, 1.807) is 18.3 Å². The van der Waals surface area contributed by atoms with E-state index in [-0.39, 0.29) is 29.2 Å². The van der Waals surface area contributed by atoms with Crippen molar-refractivity contribution in [2.45, 2.75) is 56.3 Å². The summed E-state index contributed by atoms with van der Waals surface area (Å²) in [4.78, 5) is 16.5. The number of nitrogens with zero attached hydrogens (tertiary/aromatic N) is 3. The molecule has 0 aliphatic carbocycles. The number of thioether (sulfide) groups is 1. The number of esters is 1. The van der Waals surface area contributed by atoms with Crippen LogP contribution in [-0.4, -0.2) is 64.8 Å². The molecule has 0 saturated carbocycles. The Morgan fingerprint density at radius 3 is 2.40 bits per heavy atom. The van der Waals surface area contributed by atoms with E-state index < -0.39 is 10.0 Å². The maximum absolute atomic E-state index is 14.8. The number of hydrogen-bond donors (Lipinski definition) is 0. The van der Waals surface area contributed by atoms with Crippen LogP contribution in [0.5, 0.6) is 5.75 Å². The highest BCUT2D eigenvalue weighted by molar-refractivity contribution is 7.99. The second-order valence-corrected chi connectivity index (χ2v) is 13.6. The fourth-order valence-electron chi connectivity index (χ4n) is 5.37. The second kappa shape index (κ2) is 15.0. The highest BCUT2D eigenvalue weighted by Crippen LogP contribution is 2.43. The van der Waals surface area contributed by atoms with Crippen molar-refractivity contribution < 1.29 is 22.7 Å². The number of unbranched alkanes of at least 4 members (excludes halogenated alkanes) is 1. The minimum absolute atomic E-state index is 0.198. The van der Waals surface area contributed by atoms with E-state index in [0.29, 0.717) is 24.6 Å². The van der Waals surface area contributed by atoms with Crippen molar-refractivity contribution in [1.29, 1.82) is 0 Å². The molecule has 0 spiro atoms. The smallest absolute Gasteiger partial charge is 0.315 e. The van der Waals surface area contributed by atoms with Gasteiger partial charge in [-0.15, -0.1) is 11.8 Å². The van der Waals surface area contributed by atoms with Crippen LogP contribution in [0.4, 0.5) is 17.1 Å². The Hall–Kier alpha value is -3.21. The number of sulfonamides is 1. The summed E-state index contributed by atoms with van der Waals surface area (Å²) >= 11 is 1.42. The van der Waals surface area contributed by atoms with E-state index in [1.165, 1.54) is 11.8 Å². The van der Waals surface area contributed by atoms with E-state index in [4.69, 9.17) is 9.47 Å². The Kier molecular flexibility index (Phi) is 11.4. The summed E-state index contributed by atoms with van der Waals surface area (Å²) in [7, 11) is 1.61. The zero-order valence-electron chi connectivity index (χ0n) is 25.8. The molecule has 0 aromatic heterocycles. The van der Waals surface area contributed by atoms with Gasteiger partial charge >= 0.3 is 5.97 Å². The molecule has 0 amide bonds. The molecule has 43 heavy (non-hydrogen) atoms. The van der Waals surface area contributed by atoms with Gasteiger partial charge in [-0.3, -0.25) is 4.79 Å². The molecule has 232 valence electrons. The number of para-hydroxylation sites is 1. The predicted octanol–water partition coefficient (Wildman–Crippen LogP) is 6.46. The van der Waals surface area contributed by atoms with Gasteiger partial charge in [0.2, 0.25) is 10.0 Å². The Bertz CT molecular complexity index is 1460. The molecule has 1 atom stereocenters. The van der Waals surface area contributed by atoms with Crippen LogP contribution in [0.25, 0.3) is 0 Å². The molecule has 8 nitrogen and oxygen atoms in total. The fourth-order valence-corrected chi connectivity index (χ4v) is 8.04. The van der Waals surface area contributed by atoms with Crippen molar-refractivity contribution in [1.82, 2.24) is 4.31 Å². The van der Waals surface area contributed by atoms with Crippen LogP contribution in [0.15, 0.2) is 71.6 Å². The summed E-state index contributed by atoms with van der Waals surface area (Å²) in [5, 5.41) is 0. The molecule has 10 heteroatoms. The first-order chi connectivity index (χ1) is 20.7. The van der Waals surface area contributed by atoms with E-state index in [2.05, 4.69) is 11.8 Å². The molecule has 0 N–H and O–H groups in total. The van der Waals surface area contributed by atoms with Gasteiger partial charge in [0.05, 0.1) is 25.2 Å². The second-order valence-electron chi connectivity index (χ2n) is 10.8. The molecular weight excluding hydrogens is 583 g/mol. The van der Waals surface area contributed by atoms with E-state index in [9.17, 15) is 13.2 Å². The lowest BCUT2D eigenvalue weighted by Crippen LogP contribution is -2.43. The first kappa shape index (κ1) is 32.7. The molecule has 1 aliphatic rings. The number of ether oxygens (including phenoxy) is 2. The van der Waals surface area contributed by atoms with E-state index in [1.807, 2.05) is 85.7 Å². The lowest BCUT2D eigenvalue weighted by molar-refractivity contribution is -0.139. The van der Waals surface area contributed by atoms with Crippen LogP contribution in [-0.2, 0) is 31.9 Å². The monoisotopic (exact) mass is 625 g/mol. The van der Waals surface area contributed by atoms with Crippen LogP contribution in [0.1, 0.15) is 44.2 Å². The Morgan fingerprint density at radius 2 is 1.77 bits per heavy atom. The van der Waals surface area contributed by atoms with Crippen molar-refractivity contribution >= 4 is 44.8 Å². The first-order valence-electron chi connectivity index (χ1n) is 14.7. The highest BCUT2D eigenvalue weighted by atomic mass is 32.2. The number of methoxy groups -OCH3 is 1. The number of carbonyl (C=O) groups is 1. The highest BCUT2D eigenvalue weighted by Gasteiger charge is 2.39. The van der Waals surface area contributed by atoms with Crippen molar-refractivity contribution in [3.8, 4) is 5.75 Å². The molecule has 3 aromatic carbocycles. The topological polar surface area (TPSA) is 79.4 Å². The van der Waals surface area contributed by atoms with Crippen molar-refractivity contribution in [3.63, 3.8) is 0 Å². The lowest BCUT2D eigenvalue weighted by Gasteiger charge is -2.32. The van der Waals surface area contributed by atoms with Gasteiger partial charge in [-0.05, 0) is 60.9 Å². The quantitative estimate of drug-likeness (QED) is 0.200. The summed E-state index contributed by atoms with van der Waals surface area (Å²) in [5.41, 5.74) is 4.27. The number of carbonyl (C=O) groups excluding carboxylic acids is 1. The molecular formula is C33H43N3O5S2. The molecule has 0 bridgehead atoms. The number of hydrogen-bond acceptors (Lipinski definition) is 8. The minimum atomic E-state index is -3.93. The number of rotatable bonds is 13. The average Bonchev–Trinajstić information content (AvgIpc) is 3.08. The zero-order valence-corrected chi connectivity index (χ0v) is 27.4. The number of anilines is 3. The third-order valence-electron chi connectivity index (χ3n) is 7.56. The predicted molar refractivity (Wildman–Crippen MR) is 176 cm³/mol. The summed E-state index contributed by atoms with van der Waals surface area (Å²) in [6, 6.07) is 21.2. The van der Waals surface area contributed by atoms with Gasteiger partial charge in [-0.2, -0.15) is 4.31 Å². The third kappa shape index (κ3) is 7.85. The standard InChI is InChI=1S/C33H43N3O5S2/c1-6-8-12-28-22-35(27-13-10-9-11-14-27)31-20-30(34(3)4)26(23-42-24-33(37)41-7-2)19-32(31)43(38,39)36(28)21-25-15-17-29(40-5)18-16-25/h9-11,13-20,28H,6-8,12,21-24H2,1-5H3/t28-/m1/s1. The van der Waals surface area contributed by atoms with Gasteiger partial charge in [0.15, 0.2) is 0 Å². The van der Waals surface area contributed by atoms with Gasteiger partial charge in [-0.1, -0.05) is 50.1 Å². The van der Waals surface area contributed by atoms with Gasteiger partial charge < -0.3 is 19.3 Å². The molecule has 0 fully saturated rings. The van der Waals surface area contributed by atoms with Crippen molar-refractivity contribution in [3.05, 3.63) is 77.9 Å². The van der Waals surface area contributed by atoms with Crippen LogP contribution < -0.4 is 14.5 Å². The molecule has 1 aliphatic heterocycles. The Labute approximate surface area is 261 Å². The zero-order chi connectivity index (χ0) is 31.0. The number of fused-ring (bicyclic) bond motifs is 1. The van der Waals surface area contributed by atoms with Gasteiger partial charge in [0.25, 0.3) is 0 Å². The number of benzene rings is 3.